The number of nitrogen functional groups attached to an aromatic ring is 1. The SMILES string of the molecule is CC(C)CN(CC(OC(=O)CCC(=O)NC(C(=O)O)C(C)C)C(Cc1ccccc1)NC(=O)OC1CCOC1)Sc1ccc(N)cc1. The van der Waals surface area contributed by atoms with Gasteiger partial charge in [0.2, 0.25) is 5.91 Å². The van der Waals surface area contributed by atoms with Gasteiger partial charge in [-0.1, -0.05) is 58.0 Å². The van der Waals surface area contributed by atoms with Crippen LogP contribution in [0.25, 0.3) is 0 Å². The Balaban J connectivity index is 1.85. The number of carbonyl (C=O) groups excluding carboxylic acids is 3. The number of amides is 2. The van der Waals surface area contributed by atoms with E-state index in [9.17, 15) is 24.3 Å². The Morgan fingerprint density at radius 3 is 2.30 bits per heavy atom. The maximum Gasteiger partial charge on any atom is 0.407 e. The zero-order valence-corrected chi connectivity index (χ0v) is 28.4. The molecule has 0 aliphatic carbocycles. The summed E-state index contributed by atoms with van der Waals surface area (Å²) in [6, 6.07) is 15.2. The topological polar surface area (TPSA) is 170 Å². The molecule has 12 nitrogen and oxygen atoms in total. The molecule has 0 saturated carbocycles. The summed E-state index contributed by atoms with van der Waals surface area (Å²) in [4.78, 5) is 51.5. The Kier molecular flexibility index (Phi) is 15.3. The lowest BCUT2D eigenvalue weighted by molar-refractivity contribution is -0.152. The van der Waals surface area contributed by atoms with Crippen LogP contribution < -0.4 is 16.4 Å². The number of aliphatic carboxylic acids is 1. The highest BCUT2D eigenvalue weighted by atomic mass is 32.2. The normalized spacial score (nSPS) is 16.4. The van der Waals surface area contributed by atoms with E-state index in [-0.39, 0.29) is 37.3 Å². The molecule has 2 aromatic carbocycles. The minimum Gasteiger partial charge on any atom is -0.480 e. The largest absolute Gasteiger partial charge is 0.480 e. The third-order valence-electron chi connectivity index (χ3n) is 7.37. The van der Waals surface area contributed by atoms with Gasteiger partial charge in [0.05, 0.1) is 25.7 Å². The predicted molar refractivity (Wildman–Crippen MR) is 179 cm³/mol. The van der Waals surface area contributed by atoms with Gasteiger partial charge in [0.25, 0.3) is 0 Å². The van der Waals surface area contributed by atoms with Crippen LogP contribution in [-0.2, 0) is 35.0 Å². The number of esters is 1. The van der Waals surface area contributed by atoms with E-state index in [0.29, 0.717) is 38.3 Å². The van der Waals surface area contributed by atoms with E-state index in [1.54, 1.807) is 13.8 Å². The Bertz CT molecular complexity index is 1290. The minimum atomic E-state index is -1.15. The summed E-state index contributed by atoms with van der Waals surface area (Å²) in [5.74, 6) is -2.45. The lowest BCUT2D eigenvalue weighted by Crippen LogP contribution is -2.51. The summed E-state index contributed by atoms with van der Waals surface area (Å²) in [7, 11) is 0. The highest BCUT2D eigenvalue weighted by molar-refractivity contribution is 7.97. The van der Waals surface area contributed by atoms with Crippen LogP contribution >= 0.6 is 11.9 Å². The third-order valence-corrected chi connectivity index (χ3v) is 8.41. The summed E-state index contributed by atoms with van der Waals surface area (Å²) < 4.78 is 19.1. The van der Waals surface area contributed by atoms with Crippen LogP contribution in [0.15, 0.2) is 59.5 Å². The number of benzene rings is 2. The first-order valence-corrected chi connectivity index (χ1v) is 16.8. The van der Waals surface area contributed by atoms with Crippen molar-refractivity contribution in [2.45, 2.75) is 82.6 Å². The van der Waals surface area contributed by atoms with E-state index >= 15 is 0 Å². The molecule has 0 aromatic heterocycles. The van der Waals surface area contributed by atoms with Crippen molar-refractivity contribution in [2.75, 3.05) is 32.0 Å². The van der Waals surface area contributed by atoms with Crippen molar-refractivity contribution in [1.82, 2.24) is 14.9 Å². The molecule has 5 N–H and O–H groups in total. The molecule has 1 saturated heterocycles. The van der Waals surface area contributed by atoms with Crippen LogP contribution in [0.3, 0.4) is 0 Å². The lowest BCUT2D eigenvalue weighted by Gasteiger charge is -2.33. The first-order valence-electron chi connectivity index (χ1n) is 16.0. The highest BCUT2D eigenvalue weighted by Gasteiger charge is 2.32. The van der Waals surface area contributed by atoms with Crippen LogP contribution in [0.4, 0.5) is 10.5 Å². The Morgan fingerprint density at radius 2 is 1.70 bits per heavy atom. The van der Waals surface area contributed by atoms with Gasteiger partial charge in [0.15, 0.2) is 0 Å². The Hall–Kier alpha value is -3.81. The molecule has 4 unspecified atom stereocenters. The Morgan fingerprint density at radius 1 is 1.00 bits per heavy atom. The molecule has 1 fully saturated rings. The number of carboxylic acids is 1. The number of rotatable bonds is 18. The summed E-state index contributed by atoms with van der Waals surface area (Å²) >= 11 is 1.49. The fourth-order valence-corrected chi connectivity index (χ4v) is 6.12. The van der Waals surface area contributed by atoms with Crippen LogP contribution in [0, 0.1) is 11.8 Å². The number of carboxylic acid groups (broad SMARTS) is 1. The number of anilines is 1. The molecular formula is C34H48N4O8S. The third kappa shape index (κ3) is 13.8. The second kappa shape index (κ2) is 19.1. The average molecular weight is 673 g/mol. The first kappa shape index (κ1) is 37.6. The molecule has 13 heteroatoms. The molecule has 47 heavy (non-hydrogen) atoms. The van der Waals surface area contributed by atoms with Gasteiger partial charge in [-0.2, -0.15) is 0 Å². The number of nitrogens with two attached hydrogens (primary N) is 1. The van der Waals surface area contributed by atoms with Crippen LogP contribution in [-0.4, -0.2) is 83.9 Å². The second-order valence-electron chi connectivity index (χ2n) is 12.4. The van der Waals surface area contributed by atoms with Crippen molar-refractivity contribution in [3.05, 3.63) is 60.2 Å². The van der Waals surface area contributed by atoms with Crippen molar-refractivity contribution in [2.24, 2.45) is 11.8 Å². The van der Waals surface area contributed by atoms with Crippen molar-refractivity contribution in [3.8, 4) is 0 Å². The number of nitrogens with one attached hydrogen (secondary N) is 2. The van der Waals surface area contributed by atoms with E-state index in [4.69, 9.17) is 19.9 Å². The number of hydrogen-bond acceptors (Lipinski definition) is 10. The maximum atomic E-state index is 13.3. The summed E-state index contributed by atoms with van der Waals surface area (Å²) in [6.45, 7) is 9.25. The fourth-order valence-electron chi connectivity index (χ4n) is 4.97. The fraction of sp³-hybridized carbons (Fsp3) is 0.529. The molecule has 2 aromatic rings. The number of hydrogen-bond donors (Lipinski definition) is 4. The van der Waals surface area contributed by atoms with Crippen LogP contribution in [0.1, 0.15) is 52.5 Å². The second-order valence-corrected chi connectivity index (χ2v) is 13.6. The number of alkyl carbamates (subject to hydrolysis) is 1. The zero-order valence-electron chi connectivity index (χ0n) is 27.6. The molecule has 0 spiro atoms. The van der Waals surface area contributed by atoms with Crippen LogP contribution in [0.5, 0.6) is 0 Å². The van der Waals surface area contributed by atoms with E-state index in [1.807, 2.05) is 54.6 Å². The molecule has 1 heterocycles. The maximum absolute atomic E-state index is 13.3. The van der Waals surface area contributed by atoms with E-state index < -0.39 is 42.1 Å². The average Bonchev–Trinajstić information content (AvgIpc) is 3.52. The molecule has 0 bridgehead atoms. The minimum absolute atomic E-state index is 0.240. The first-order chi connectivity index (χ1) is 22.4. The van der Waals surface area contributed by atoms with Crippen molar-refractivity contribution < 1.29 is 38.5 Å². The summed E-state index contributed by atoms with van der Waals surface area (Å²) in [5, 5.41) is 14.9. The molecular weight excluding hydrogens is 624 g/mol. The van der Waals surface area contributed by atoms with E-state index in [2.05, 4.69) is 28.8 Å². The molecule has 1 aliphatic heterocycles. The predicted octanol–water partition coefficient (Wildman–Crippen LogP) is 4.28. The van der Waals surface area contributed by atoms with Crippen LogP contribution in [0.2, 0.25) is 0 Å². The van der Waals surface area contributed by atoms with Gasteiger partial charge >= 0.3 is 18.0 Å². The quantitative estimate of drug-likeness (QED) is 0.101. The summed E-state index contributed by atoms with van der Waals surface area (Å²) in [6.07, 6.45) is -1.45. The number of ether oxygens (including phenoxy) is 3. The molecule has 1 aliphatic rings. The number of carbonyl (C=O) groups is 4. The lowest BCUT2D eigenvalue weighted by atomic mass is 10.0. The van der Waals surface area contributed by atoms with Crippen molar-refractivity contribution in [1.29, 1.82) is 0 Å². The highest BCUT2D eigenvalue weighted by Crippen LogP contribution is 2.26. The number of nitrogens with zero attached hydrogens (tertiary/aromatic N) is 1. The monoisotopic (exact) mass is 672 g/mol. The zero-order chi connectivity index (χ0) is 34.3. The van der Waals surface area contributed by atoms with Gasteiger partial charge in [-0.05, 0) is 60.0 Å². The van der Waals surface area contributed by atoms with Crippen molar-refractivity contribution >= 4 is 41.6 Å². The molecule has 0 radical (unpaired) electrons. The Labute approximate surface area is 281 Å². The molecule has 2 amide bonds. The molecule has 258 valence electrons. The van der Waals surface area contributed by atoms with E-state index in [1.165, 1.54) is 11.9 Å². The van der Waals surface area contributed by atoms with Gasteiger partial charge < -0.3 is 35.7 Å². The van der Waals surface area contributed by atoms with Gasteiger partial charge in [-0.3, -0.25) is 9.59 Å². The molecule has 3 rings (SSSR count). The van der Waals surface area contributed by atoms with Gasteiger partial charge in [0.1, 0.15) is 18.2 Å². The smallest absolute Gasteiger partial charge is 0.407 e. The summed E-state index contributed by atoms with van der Waals surface area (Å²) in [5.41, 5.74) is 7.45. The molecule has 4 atom stereocenters. The van der Waals surface area contributed by atoms with E-state index in [0.717, 1.165) is 10.5 Å². The van der Waals surface area contributed by atoms with Gasteiger partial charge in [-0.25, -0.2) is 13.9 Å². The van der Waals surface area contributed by atoms with Crippen molar-refractivity contribution in [3.63, 3.8) is 0 Å². The standard InChI is InChI=1S/C34H48N4O8S/c1-22(2)19-38(47-27-12-10-25(35)11-13-27)20-29(46-31(40)15-14-30(39)37-32(23(3)4)33(41)42)28(18-24-8-6-5-7-9-24)36-34(43)45-26-16-17-44-21-26/h5-13,22-23,26,28-29,32H,14-21,35H2,1-4H3,(H,36,43)(H,37,39)(H,41,42). The van der Waals surface area contributed by atoms with Gasteiger partial charge in [0, 0.05) is 36.5 Å². The van der Waals surface area contributed by atoms with Gasteiger partial charge in [-0.15, -0.1) is 0 Å².